The number of halogens is 3. The first kappa shape index (κ1) is 17.0. The van der Waals surface area contributed by atoms with Crippen LogP contribution in [0.3, 0.4) is 0 Å². The predicted octanol–water partition coefficient (Wildman–Crippen LogP) is -0.104. The van der Waals surface area contributed by atoms with Crippen molar-refractivity contribution in [3.8, 4) is 0 Å². The van der Waals surface area contributed by atoms with Gasteiger partial charge in [-0.3, -0.25) is 4.79 Å². The van der Waals surface area contributed by atoms with Crippen molar-refractivity contribution in [1.82, 2.24) is 4.90 Å². The summed E-state index contributed by atoms with van der Waals surface area (Å²) in [5, 5.41) is 7.12. The van der Waals surface area contributed by atoms with Gasteiger partial charge in [-0.2, -0.15) is 13.2 Å². The first-order valence-electron chi connectivity index (χ1n) is 5.19. The van der Waals surface area contributed by atoms with Crippen LogP contribution in [0.4, 0.5) is 18.0 Å². The molecule has 1 fully saturated rings. The largest absolute Gasteiger partial charge is 0.490 e. The van der Waals surface area contributed by atoms with E-state index in [0.29, 0.717) is 13.1 Å². The van der Waals surface area contributed by atoms with Crippen molar-refractivity contribution in [1.29, 1.82) is 0 Å². The van der Waals surface area contributed by atoms with E-state index >= 15 is 0 Å². The van der Waals surface area contributed by atoms with Crippen LogP contribution >= 0.6 is 0 Å². The summed E-state index contributed by atoms with van der Waals surface area (Å²) in [6.07, 6.45) is -3.52. The van der Waals surface area contributed by atoms with Gasteiger partial charge in [0.25, 0.3) is 0 Å². The molecule has 5 N–H and O–H groups in total. The van der Waals surface area contributed by atoms with Crippen LogP contribution in [0, 0.1) is 5.92 Å². The number of amides is 3. The van der Waals surface area contributed by atoms with Crippen molar-refractivity contribution < 1.29 is 32.7 Å². The second-order valence-electron chi connectivity index (χ2n) is 3.83. The highest BCUT2D eigenvalue weighted by Gasteiger charge is 2.38. The molecule has 19 heavy (non-hydrogen) atoms. The molecule has 1 unspecified atom stereocenters. The topological polar surface area (TPSA) is 127 Å². The summed E-state index contributed by atoms with van der Waals surface area (Å²) in [5.41, 5.74) is 10.2. The maximum atomic E-state index is 10.8. The number of piperidine rings is 1. The van der Waals surface area contributed by atoms with Gasteiger partial charge >= 0.3 is 18.2 Å². The van der Waals surface area contributed by atoms with Crippen LogP contribution in [0.5, 0.6) is 0 Å². The summed E-state index contributed by atoms with van der Waals surface area (Å²) < 4.78 is 31.7. The molecule has 1 aliphatic heterocycles. The highest BCUT2D eigenvalue weighted by molar-refractivity contribution is 5.78. The minimum Gasteiger partial charge on any atom is -0.475 e. The Bertz CT molecular complexity index is 339. The molecule has 1 aliphatic rings. The molecule has 0 spiro atoms. The smallest absolute Gasteiger partial charge is 0.475 e. The molecule has 0 aliphatic carbocycles. The maximum absolute atomic E-state index is 10.8. The normalized spacial score (nSPS) is 19.1. The Morgan fingerprint density at radius 1 is 1.21 bits per heavy atom. The Hall–Kier alpha value is -2.00. The molecule has 0 saturated carbocycles. The van der Waals surface area contributed by atoms with Crippen molar-refractivity contribution in [3.05, 3.63) is 0 Å². The van der Waals surface area contributed by atoms with Crippen LogP contribution in [-0.4, -0.2) is 47.2 Å². The van der Waals surface area contributed by atoms with Crippen LogP contribution < -0.4 is 11.5 Å². The number of carbonyl (C=O) groups is 3. The number of urea groups is 1. The van der Waals surface area contributed by atoms with Crippen molar-refractivity contribution >= 4 is 17.9 Å². The van der Waals surface area contributed by atoms with E-state index in [4.69, 9.17) is 21.4 Å². The van der Waals surface area contributed by atoms with E-state index in [1.54, 1.807) is 0 Å². The molecule has 110 valence electrons. The number of carboxylic acids is 1. The van der Waals surface area contributed by atoms with Crippen molar-refractivity contribution in [2.75, 3.05) is 13.1 Å². The maximum Gasteiger partial charge on any atom is 0.490 e. The summed E-state index contributed by atoms with van der Waals surface area (Å²) in [7, 11) is 0. The SMILES string of the molecule is NC(=O)C1CCCN(C(N)=O)C1.O=C(O)C(F)(F)F. The van der Waals surface area contributed by atoms with Gasteiger partial charge in [-0.1, -0.05) is 0 Å². The molecule has 3 amide bonds. The fourth-order valence-electron chi connectivity index (χ4n) is 1.41. The summed E-state index contributed by atoms with van der Waals surface area (Å²) in [5.74, 6) is -3.32. The first-order valence-corrected chi connectivity index (χ1v) is 5.19. The van der Waals surface area contributed by atoms with Crippen LogP contribution in [0.1, 0.15) is 12.8 Å². The number of alkyl halides is 3. The molecule has 1 rings (SSSR count). The van der Waals surface area contributed by atoms with Gasteiger partial charge in [0.2, 0.25) is 5.91 Å². The standard InChI is InChI=1S/C7H13N3O2.C2HF3O2/c8-6(11)5-2-1-3-10(4-5)7(9)12;3-2(4,5)1(6)7/h5H,1-4H2,(H2,8,11)(H2,9,12);(H,6,7). The number of nitrogens with two attached hydrogens (primary N) is 2. The number of carbonyl (C=O) groups excluding carboxylic acids is 2. The van der Waals surface area contributed by atoms with Crippen LogP contribution in [-0.2, 0) is 9.59 Å². The third-order valence-corrected chi connectivity index (χ3v) is 2.38. The Kier molecular flexibility index (Phi) is 6.09. The van der Waals surface area contributed by atoms with E-state index < -0.39 is 18.2 Å². The molecular weight excluding hydrogens is 271 g/mol. The number of primary amides is 2. The third-order valence-electron chi connectivity index (χ3n) is 2.38. The Labute approximate surface area is 106 Å². The quantitative estimate of drug-likeness (QED) is 0.621. The first-order chi connectivity index (χ1) is 8.55. The number of rotatable bonds is 1. The number of nitrogens with zero attached hydrogens (tertiary/aromatic N) is 1. The van der Waals surface area contributed by atoms with Crippen LogP contribution in [0.25, 0.3) is 0 Å². The summed E-state index contributed by atoms with van der Waals surface area (Å²) >= 11 is 0. The van der Waals surface area contributed by atoms with E-state index in [0.717, 1.165) is 12.8 Å². The van der Waals surface area contributed by atoms with Gasteiger partial charge in [-0.15, -0.1) is 0 Å². The molecule has 0 aromatic carbocycles. The van der Waals surface area contributed by atoms with E-state index in [9.17, 15) is 22.8 Å². The Balaban J connectivity index is 0.000000399. The molecule has 0 aromatic rings. The molecule has 10 heteroatoms. The zero-order valence-corrected chi connectivity index (χ0v) is 9.81. The molecule has 7 nitrogen and oxygen atoms in total. The lowest BCUT2D eigenvalue weighted by Crippen LogP contribution is -2.46. The number of hydrogen-bond acceptors (Lipinski definition) is 3. The Morgan fingerprint density at radius 3 is 2.00 bits per heavy atom. The van der Waals surface area contributed by atoms with Gasteiger partial charge in [0, 0.05) is 13.1 Å². The molecule has 1 saturated heterocycles. The van der Waals surface area contributed by atoms with Crippen molar-refractivity contribution in [3.63, 3.8) is 0 Å². The lowest BCUT2D eigenvalue weighted by Gasteiger charge is -2.29. The van der Waals surface area contributed by atoms with Crippen LogP contribution in [0.2, 0.25) is 0 Å². The molecule has 0 radical (unpaired) electrons. The highest BCUT2D eigenvalue weighted by atomic mass is 19.4. The minimum absolute atomic E-state index is 0.216. The second kappa shape index (κ2) is 6.81. The van der Waals surface area contributed by atoms with Gasteiger partial charge < -0.3 is 21.5 Å². The molecular formula is C9H14F3N3O4. The van der Waals surface area contributed by atoms with E-state index in [1.165, 1.54) is 4.90 Å². The predicted molar refractivity (Wildman–Crippen MR) is 56.8 cm³/mol. The molecule has 1 heterocycles. The summed E-state index contributed by atoms with van der Waals surface area (Å²) in [4.78, 5) is 31.8. The molecule has 0 bridgehead atoms. The fraction of sp³-hybridized carbons (Fsp3) is 0.667. The monoisotopic (exact) mass is 285 g/mol. The van der Waals surface area contributed by atoms with Gasteiger partial charge in [-0.25, -0.2) is 9.59 Å². The van der Waals surface area contributed by atoms with Gasteiger partial charge in [0.15, 0.2) is 0 Å². The zero-order valence-electron chi connectivity index (χ0n) is 9.81. The van der Waals surface area contributed by atoms with E-state index in [1.807, 2.05) is 0 Å². The van der Waals surface area contributed by atoms with Gasteiger partial charge in [0.05, 0.1) is 5.92 Å². The summed E-state index contributed by atoms with van der Waals surface area (Å²) in [6, 6.07) is -0.471. The fourth-order valence-corrected chi connectivity index (χ4v) is 1.41. The third kappa shape index (κ3) is 6.48. The zero-order chi connectivity index (χ0) is 15.2. The Morgan fingerprint density at radius 2 is 1.68 bits per heavy atom. The molecule has 1 atom stereocenters. The number of carboxylic acid groups (broad SMARTS) is 1. The van der Waals surface area contributed by atoms with E-state index in [-0.39, 0.29) is 11.8 Å². The summed E-state index contributed by atoms with van der Waals surface area (Å²) in [6.45, 7) is 1.02. The number of aliphatic carboxylic acids is 1. The van der Waals surface area contributed by atoms with E-state index in [2.05, 4.69) is 0 Å². The van der Waals surface area contributed by atoms with Crippen molar-refractivity contribution in [2.24, 2.45) is 17.4 Å². The number of hydrogen-bond donors (Lipinski definition) is 3. The van der Waals surface area contributed by atoms with Crippen LogP contribution in [0.15, 0.2) is 0 Å². The van der Waals surface area contributed by atoms with Crippen molar-refractivity contribution in [2.45, 2.75) is 19.0 Å². The lowest BCUT2D eigenvalue weighted by atomic mass is 9.98. The lowest BCUT2D eigenvalue weighted by molar-refractivity contribution is -0.192. The second-order valence-corrected chi connectivity index (χ2v) is 3.83. The number of likely N-dealkylation sites (tertiary alicyclic amines) is 1. The van der Waals surface area contributed by atoms with Gasteiger partial charge in [-0.05, 0) is 12.8 Å². The highest BCUT2D eigenvalue weighted by Crippen LogP contribution is 2.15. The average Bonchev–Trinajstić information content (AvgIpc) is 2.28. The van der Waals surface area contributed by atoms with Gasteiger partial charge in [0.1, 0.15) is 0 Å². The average molecular weight is 285 g/mol. The molecule has 0 aromatic heterocycles. The minimum atomic E-state index is -5.08.